The van der Waals surface area contributed by atoms with Crippen LogP contribution in [0.25, 0.3) is 0 Å². The van der Waals surface area contributed by atoms with Crippen LogP contribution < -0.4 is 10.6 Å². The third-order valence-electron chi connectivity index (χ3n) is 1.91. The van der Waals surface area contributed by atoms with Gasteiger partial charge in [-0.05, 0) is 18.6 Å². The van der Waals surface area contributed by atoms with Crippen LogP contribution in [0.3, 0.4) is 0 Å². The summed E-state index contributed by atoms with van der Waals surface area (Å²) in [5.41, 5.74) is 0. The van der Waals surface area contributed by atoms with Gasteiger partial charge in [0.1, 0.15) is 12.4 Å². The SMILES string of the molecule is O=C(O)CNC(=O)OCCCNc1ccccn1. The lowest BCUT2D eigenvalue weighted by molar-refractivity contribution is -0.135. The largest absolute Gasteiger partial charge is 0.480 e. The summed E-state index contributed by atoms with van der Waals surface area (Å²) in [6.07, 6.45) is 1.56. The van der Waals surface area contributed by atoms with Crippen LogP contribution in [0.15, 0.2) is 24.4 Å². The van der Waals surface area contributed by atoms with Crippen molar-refractivity contribution in [2.75, 3.05) is 25.0 Å². The number of nitrogens with one attached hydrogen (secondary N) is 2. The molecule has 0 saturated heterocycles. The van der Waals surface area contributed by atoms with Crippen molar-refractivity contribution in [2.24, 2.45) is 0 Å². The van der Waals surface area contributed by atoms with Gasteiger partial charge in [0.05, 0.1) is 6.61 Å². The standard InChI is InChI=1S/C11H15N3O4/c15-10(16)8-14-11(17)18-7-3-6-13-9-4-1-2-5-12-9/h1-2,4-5H,3,6-8H2,(H,12,13)(H,14,17)(H,15,16). The minimum absolute atomic E-state index is 0.214. The van der Waals surface area contributed by atoms with Gasteiger partial charge in [0, 0.05) is 12.7 Å². The molecule has 0 aliphatic carbocycles. The number of anilines is 1. The Morgan fingerprint density at radius 1 is 1.39 bits per heavy atom. The van der Waals surface area contributed by atoms with Crippen LogP contribution in [0, 0.1) is 0 Å². The molecule has 0 atom stereocenters. The molecule has 1 heterocycles. The normalized spacial score (nSPS) is 9.56. The molecule has 1 amide bonds. The highest BCUT2D eigenvalue weighted by Crippen LogP contribution is 1.99. The van der Waals surface area contributed by atoms with E-state index in [2.05, 4.69) is 15.6 Å². The van der Waals surface area contributed by atoms with Gasteiger partial charge >= 0.3 is 12.1 Å². The molecule has 0 aliphatic heterocycles. The van der Waals surface area contributed by atoms with Crippen LogP contribution in [0.4, 0.5) is 10.6 Å². The lowest BCUT2D eigenvalue weighted by Gasteiger charge is -2.06. The van der Waals surface area contributed by atoms with Crippen molar-refractivity contribution < 1.29 is 19.4 Å². The van der Waals surface area contributed by atoms with Gasteiger partial charge in [-0.25, -0.2) is 9.78 Å². The minimum atomic E-state index is -1.11. The number of alkyl carbamates (subject to hydrolysis) is 1. The Labute approximate surface area is 104 Å². The van der Waals surface area contributed by atoms with Crippen molar-refractivity contribution in [1.82, 2.24) is 10.3 Å². The van der Waals surface area contributed by atoms with Gasteiger partial charge in [0.25, 0.3) is 0 Å². The number of carboxylic acid groups (broad SMARTS) is 1. The van der Waals surface area contributed by atoms with Crippen molar-refractivity contribution in [3.8, 4) is 0 Å². The Morgan fingerprint density at radius 2 is 2.22 bits per heavy atom. The molecule has 98 valence electrons. The van der Waals surface area contributed by atoms with E-state index in [1.165, 1.54) is 0 Å². The Hall–Kier alpha value is -2.31. The van der Waals surface area contributed by atoms with Gasteiger partial charge in [-0.3, -0.25) is 4.79 Å². The first-order chi connectivity index (χ1) is 8.68. The average molecular weight is 253 g/mol. The summed E-state index contributed by atoms with van der Waals surface area (Å²) in [5, 5.41) is 13.5. The summed E-state index contributed by atoms with van der Waals surface area (Å²) in [5.74, 6) is -0.350. The number of carboxylic acids is 1. The second kappa shape index (κ2) is 7.88. The van der Waals surface area contributed by atoms with Crippen LogP contribution in [0.1, 0.15) is 6.42 Å². The summed E-state index contributed by atoms with van der Waals surface area (Å²) in [6.45, 7) is 0.388. The van der Waals surface area contributed by atoms with Crippen molar-refractivity contribution >= 4 is 17.9 Å². The van der Waals surface area contributed by atoms with E-state index < -0.39 is 18.6 Å². The molecule has 0 spiro atoms. The third-order valence-corrected chi connectivity index (χ3v) is 1.91. The number of aromatic nitrogens is 1. The van der Waals surface area contributed by atoms with Crippen molar-refractivity contribution in [3.05, 3.63) is 24.4 Å². The Kier molecular flexibility index (Phi) is 6.02. The predicted octanol–water partition coefficient (Wildman–Crippen LogP) is 0.694. The molecule has 0 radical (unpaired) electrons. The number of aliphatic carboxylic acids is 1. The summed E-state index contributed by atoms with van der Waals surface area (Å²) in [7, 11) is 0. The molecular weight excluding hydrogens is 238 g/mol. The highest BCUT2D eigenvalue weighted by Gasteiger charge is 2.03. The molecule has 0 aromatic carbocycles. The summed E-state index contributed by atoms with van der Waals surface area (Å²) >= 11 is 0. The van der Waals surface area contributed by atoms with Crippen molar-refractivity contribution in [1.29, 1.82) is 0 Å². The number of amides is 1. The molecule has 0 saturated carbocycles. The van der Waals surface area contributed by atoms with Crippen LogP contribution >= 0.6 is 0 Å². The molecule has 0 fully saturated rings. The van der Waals surface area contributed by atoms with Crippen LogP contribution in [-0.2, 0) is 9.53 Å². The summed E-state index contributed by atoms with van der Waals surface area (Å²) in [6, 6.07) is 5.52. The number of carbonyl (C=O) groups is 2. The van der Waals surface area contributed by atoms with Crippen molar-refractivity contribution in [2.45, 2.75) is 6.42 Å². The number of pyridine rings is 1. The molecule has 0 unspecified atom stereocenters. The van der Waals surface area contributed by atoms with Gasteiger partial charge in [-0.15, -0.1) is 0 Å². The highest BCUT2D eigenvalue weighted by molar-refractivity contribution is 5.76. The quantitative estimate of drug-likeness (QED) is 0.618. The maximum atomic E-state index is 11.0. The van der Waals surface area contributed by atoms with E-state index in [-0.39, 0.29) is 6.61 Å². The zero-order valence-electron chi connectivity index (χ0n) is 9.76. The highest BCUT2D eigenvalue weighted by atomic mass is 16.5. The van der Waals surface area contributed by atoms with E-state index >= 15 is 0 Å². The maximum Gasteiger partial charge on any atom is 0.407 e. The Morgan fingerprint density at radius 3 is 2.89 bits per heavy atom. The predicted molar refractivity (Wildman–Crippen MR) is 64.3 cm³/mol. The molecule has 18 heavy (non-hydrogen) atoms. The van der Waals surface area contributed by atoms with Crippen LogP contribution in [-0.4, -0.2) is 41.8 Å². The fraction of sp³-hybridized carbons (Fsp3) is 0.364. The van der Waals surface area contributed by atoms with E-state index in [0.717, 1.165) is 5.82 Å². The molecular formula is C11H15N3O4. The Bertz CT molecular complexity index is 383. The first kappa shape index (κ1) is 13.8. The van der Waals surface area contributed by atoms with E-state index in [4.69, 9.17) is 9.84 Å². The second-order valence-electron chi connectivity index (χ2n) is 3.38. The zero-order chi connectivity index (χ0) is 13.2. The number of rotatable bonds is 7. The fourth-order valence-electron chi connectivity index (χ4n) is 1.12. The molecule has 1 rings (SSSR count). The molecule has 0 bridgehead atoms. The lowest BCUT2D eigenvalue weighted by atomic mass is 10.4. The summed E-state index contributed by atoms with van der Waals surface area (Å²) < 4.78 is 4.76. The fourth-order valence-corrected chi connectivity index (χ4v) is 1.12. The van der Waals surface area contributed by atoms with Gasteiger partial charge in [0.15, 0.2) is 0 Å². The number of hydrogen-bond acceptors (Lipinski definition) is 5. The molecule has 0 aliphatic rings. The minimum Gasteiger partial charge on any atom is -0.480 e. The molecule has 7 heteroatoms. The number of nitrogens with zero attached hydrogens (tertiary/aromatic N) is 1. The molecule has 1 aromatic heterocycles. The van der Waals surface area contributed by atoms with E-state index in [0.29, 0.717) is 13.0 Å². The first-order valence-electron chi connectivity index (χ1n) is 5.46. The zero-order valence-corrected chi connectivity index (χ0v) is 9.76. The molecule has 7 nitrogen and oxygen atoms in total. The van der Waals surface area contributed by atoms with Gasteiger partial charge in [-0.2, -0.15) is 0 Å². The number of hydrogen-bond donors (Lipinski definition) is 3. The molecule has 1 aromatic rings. The van der Waals surface area contributed by atoms with Crippen molar-refractivity contribution in [3.63, 3.8) is 0 Å². The topological polar surface area (TPSA) is 101 Å². The van der Waals surface area contributed by atoms with Gasteiger partial charge in [-0.1, -0.05) is 6.07 Å². The smallest absolute Gasteiger partial charge is 0.407 e. The molecule has 3 N–H and O–H groups in total. The summed E-state index contributed by atoms with van der Waals surface area (Å²) in [4.78, 5) is 25.2. The van der Waals surface area contributed by atoms with Gasteiger partial charge in [0.2, 0.25) is 0 Å². The second-order valence-corrected chi connectivity index (χ2v) is 3.38. The number of carbonyl (C=O) groups excluding carboxylic acids is 1. The number of ether oxygens (including phenoxy) is 1. The third kappa shape index (κ3) is 6.31. The Balaban J connectivity index is 2.02. The van der Waals surface area contributed by atoms with E-state index in [1.807, 2.05) is 18.2 Å². The average Bonchev–Trinajstić information content (AvgIpc) is 2.37. The maximum absolute atomic E-state index is 11.0. The van der Waals surface area contributed by atoms with Gasteiger partial charge < -0.3 is 20.5 Å². The first-order valence-corrected chi connectivity index (χ1v) is 5.46. The lowest BCUT2D eigenvalue weighted by Crippen LogP contribution is -2.30. The van der Waals surface area contributed by atoms with Crippen LogP contribution in [0.5, 0.6) is 0 Å². The van der Waals surface area contributed by atoms with Crippen LogP contribution in [0.2, 0.25) is 0 Å². The monoisotopic (exact) mass is 253 g/mol. The van der Waals surface area contributed by atoms with E-state index in [9.17, 15) is 9.59 Å². The van der Waals surface area contributed by atoms with E-state index in [1.54, 1.807) is 6.20 Å².